The van der Waals surface area contributed by atoms with E-state index in [1.807, 2.05) is 24.3 Å². The van der Waals surface area contributed by atoms with Crippen LogP contribution in [0.3, 0.4) is 0 Å². The third-order valence-corrected chi connectivity index (χ3v) is 7.50. The van der Waals surface area contributed by atoms with Crippen molar-refractivity contribution in [3.8, 4) is 11.5 Å². The van der Waals surface area contributed by atoms with Crippen molar-refractivity contribution in [3.63, 3.8) is 0 Å². The predicted molar refractivity (Wildman–Crippen MR) is 142 cm³/mol. The molecule has 0 aromatic heterocycles. The van der Waals surface area contributed by atoms with Gasteiger partial charge in [-0.05, 0) is 82.7 Å². The third-order valence-electron chi connectivity index (χ3n) is 5.35. The second-order valence-electron chi connectivity index (χ2n) is 7.80. The molecule has 1 aliphatic rings. The van der Waals surface area contributed by atoms with E-state index >= 15 is 0 Å². The summed E-state index contributed by atoms with van der Waals surface area (Å²) in [6, 6.07) is 26.0. The lowest BCUT2D eigenvalue weighted by Gasteiger charge is -2.08. The van der Waals surface area contributed by atoms with Crippen molar-refractivity contribution in [2.24, 2.45) is 4.99 Å². The topological polar surface area (TPSA) is 94.1 Å². The van der Waals surface area contributed by atoms with Crippen LogP contribution in [0.5, 0.6) is 11.5 Å². The molecule has 0 spiro atoms. The van der Waals surface area contributed by atoms with E-state index in [4.69, 9.17) is 8.92 Å². The van der Waals surface area contributed by atoms with Crippen molar-refractivity contribution in [2.75, 3.05) is 7.11 Å². The summed E-state index contributed by atoms with van der Waals surface area (Å²) in [6.07, 6.45) is 1.71. The number of carbonyl (C=O) groups is 1. The number of amidine groups is 1. The van der Waals surface area contributed by atoms with Crippen LogP contribution in [0.2, 0.25) is 0 Å². The maximum atomic E-state index is 12.8. The minimum atomic E-state index is -4.00. The molecule has 9 heteroatoms. The fourth-order valence-corrected chi connectivity index (χ4v) is 5.33. The molecule has 1 saturated heterocycles. The molecule has 1 heterocycles. The summed E-state index contributed by atoms with van der Waals surface area (Å²) in [7, 11) is -2.41. The molecule has 1 N–H and O–H groups in total. The number of thioether (sulfide) groups is 1. The van der Waals surface area contributed by atoms with E-state index in [9.17, 15) is 13.2 Å². The number of carbonyl (C=O) groups excluding carboxylic acids is 1. The summed E-state index contributed by atoms with van der Waals surface area (Å²) < 4.78 is 36.0. The van der Waals surface area contributed by atoms with Crippen LogP contribution in [0.4, 0.5) is 5.69 Å². The molecule has 0 atom stereocenters. The Morgan fingerprint density at radius 2 is 1.56 bits per heavy atom. The smallest absolute Gasteiger partial charge is 0.339 e. The Labute approximate surface area is 212 Å². The molecule has 0 saturated carbocycles. The molecular weight excluding hydrogens is 496 g/mol. The maximum Gasteiger partial charge on any atom is 0.339 e. The zero-order valence-electron chi connectivity index (χ0n) is 19.0. The first-order valence-corrected chi connectivity index (χ1v) is 13.1. The summed E-state index contributed by atoms with van der Waals surface area (Å²) in [6.45, 7) is 0. The highest BCUT2D eigenvalue weighted by atomic mass is 32.2. The maximum absolute atomic E-state index is 12.8. The number of hydrogen-bond donors (Lipinski definition) is 1. The van der Waals surface area contributed by atoms with Crippen LogP contribution in [0.25, 0.3) is 16.8 Å². The molecule has 36 heavy (non-hydrogen) atoms. The van der Waals surface area contributed by atoms with Crippen molar-refractivity contribution >= 4 is 55.5 Å². The minimum absolute atomic E-state index is 0.0788. The highest BCUT2D eigenvalue weighted by Gasteiger charge is 2.24. The summed E-state index contributed by atoms with van der Waals surface area (Å²) in [4.78, 5) is 17.4. The van der Waals surface area contributed by atoms with E-state index in [-0.39, 0.29) is 16.6 Å². The van der Waals surface area contributed by atoms with Gasteiger partial charge < -0.3 is 14.2 Å². The number of aliphatic imine (C=N–C) groups is 1. The Hall–Kier alpha value is -4.08. The Morgan fingerprint density at radius 1 is 0.861 bits per heavy atom. The van der Waals surface area contributed by atoms with Gasteiger partial charge in [-0.15, -0.1) is 0 Å². The molecule has 4 aromatic rings. The lowest BCUT2D eigenvalue weighted by Crippen LogP contribution is -2.19. The largest absolute Gasteiger partial charge is 0.497 e. The van der Waals surface area contributed by atoms with Gasteiger partial charge in [-0.25, -0.2) is 4.99 Å². The molecule has 0 bridgehead atoms. The molecule has 1 fully saturated rings. The lowest BCUT2D eigenvalue weighted by atomic mass is 10.1. The molecular formula is C27H20N2O5S2. The lowest BCUT2D eigenvalue weighted by molar-refractivity contribution is -0.115. The summed E-state index contributed by atoms with van der Waals surface area (Å²) in [5.41, 5.74) is 1.41. The van der Waals surface area contributed by atoms with E-state index in [0.717, 1.165) is 16.5 Å². The van der Waals surface area contributed by atoms with Gasteiger partial charge in [0.15, 0.2) is 5.17 Å². The number of nitrogens with zero attached hydrogens (tertiary/aromatic N) is 1. The van der Waals surface area contributed by atoms with Gasteiger partial charge in [-0.3, -0.25) is 4.79 Å². The molecule has 4 aromatic carbocycles. The molecule has 1 amide bonds. The molecule has 7 nitrogen and oxygen atoms in total. The average Bonchev–Trinajstić information content (AvgIpc) is 3.23. The van der Waals surface area contributed by atoms with Gasteiger partial charge >= 0.3 is 10.1 Å². The molecule has 0 radical (unpaired) electrons. The first-order valence-electron chi connectivity index (χ1n) is 10.9. The molecule has 180 valence electrons. The molecule has 1 aliphatic heterocycles. The summed E-state index contributed by atoms with van der Waals surface area (Å²) in [5.74, 6) is 0.641. The Kier molecular flexibility index (Phi) is 6.49. The fraction of sp³-hybridized carbons (Fsp3) is 0.0370. The highest BCUT2D eigenvalue weighted by molar-refractivity contribution is 8.18. The monoisotopic (exact) mass is 516 g/mol. The van der Waals surface area contributed by atoms with Crippen molar-refractivity contribution < 1.29 is 22.1 Å². The Balaban J connectivity index is 1.29. The van der Waals surface area contributed by atoms with Crippen molar-refractivity contribution in [3.05, 3.63) is 101 Å². The number of methoxy groups -OCH3 is 1. The van der Waals surface area contributed by atoms with Crippen molar-refractivity contribution in [2.45, 2.75) is 4.90 Å². The van der Waals surface area contributed by atoms with Gasteiger partial charge in [0.25, 0.3) is 5.91 Å². The minimum Gasteiger partial charge on any atom is -0.497 e. The van der Waals surface area contributed by atoms with Crippen molar-refractivity contribution in [1.29, 1.82) is 0 Å². The summed E-state index contributed by atoms with van der Waals surface area (Å²) in [5, 5.41) is 4.97. The first kappa shape index (κ1) is 23.7. The van der Waals surface area contributed by atoms with E-state index in [1.165, 1.54) is 17.8 Å². The number of fused-ring (bicyclic) bond motifs is 1. The van der Waals surface area contributed by atoms with Gasteiger partial charge in [0, 0.05) is 0 Å². The quantitative estimate of drug-likeness (QED) is 0.268. The second-order valence-corrected chi connectivity index (χ2v) is 10.4. The number of nitrogens with one attached hydrogen (secondary N) is 1. The van der Waals surface area contributed by atoms with Gasteiger partial charge in [-0.2, -0.15) is 8.42 Å². The normalized spacial score (nSPS) is 15.9. The van der Waals surface area contributed by atoms with Crippen LogP contribution in [0.15, 0.2) is 106 Å². The van der Waals surface area contributed by atoms with Gasteiger partial charge in [0.05, 0.1) is 17.7 Å². The summed E-state index contributed by atoms with van der Waals surface area (Å²) >= 11 is 1.22. The van der Waals surface area contributed by atoms with Gasteiger partial charge in [0.1, 0.15) is 16.4 Å². The van der Waals surface area contributed by atoms with Crippen LogP contribution in [0, 0.1) is 0 Å². The standard InChI is InChI=1S/C27H20N2O5S2/c1-33-22-13-9-21(10-14-22)28-27-29-26(30)25(35-27)16-18-6-11-23(12-7-18)34-36(31,32)24-15-8-19-4-2-3-5-20(19)17-24/h2-17H,1H3,(H,28,29,30)/b25-16-. The van der Waals surface area contributed by atoms with Crippen molar-refractivity contribution in [1.82, 2.24) is 5.32 Å². The number of hydrogen-bond acceptors (Lipinski definition) is 7. The zero-order chi connectivity index (χ0) is 25.1. The van der Waals surface area contributed by atoms with Crippen LogP contribution in [-0.4, -0.2) is 26.6 Å². The van der Waals surface area contributed by atoms with E-state index in [2.05, 4.69) is 10.3 Å². The number of amides is 1. The predicted octanol–water partition coefficient (Wildman–Crippen LogP) is 5.51. The number of rotatable bonds is 6. The third kappa shape index (κ3) is 5.27. The Morgan fingerprint density at radius 3 is 2.28 bits per heavy atom. The first-order chi connectivity index (χ1) is 17.4. The Bertz CT molecular complexity index is 1610. The zero-order valence-corrected chi connectivity index (χ0v) is 20.7. The average molecular weight is 517 g/mol. The second kappa shape index (κ2) is 9.88. The number of benzene rings is 4. The van der Waals surface area contributed by atoms with Gasteiger partial charge in [-0.1, -0.05) is 42.5 Å². The van der Waals surface area contributed by atoms with E-state index in [0.29, 0.717) is 21.3 Å². The van der Waals surface area contributed by atoms with E-state index in [1.54, 1.807) is 73.8 Å². The molecule has 0 unspecified atom stereocenters. The van der Waals surface area contributed by atoms with Crippen LogP contribution >= 0.6 is 11.8 Å². The van der Waals surface area contributed by atoms with Crippen LogP contribution < -0.4 is 14.2 Å². The fourth-order valence-electron chi connectivity index (χ4n) is 3.52. The number of ether oxygens (including phenoxy) is 1. The van der Waals surface area contributed by atoms with Gasteiger partial charge in [0.2, 0.25) is 0 Å². The van der Waals surface area contributed by atoms with Crippen LogP contribution in [-0.2, 0) is 14.9 Å². The highest BCUT2D eigenvalue weighted by Crippen LogP contribution is 2.29. The molecule has 5 rings (SSSR count). The molecule has 0 aliphatic carbocycles. The van der Waals surface area contributed by atoms with Crippen LogP contribution in [0.1, 0.15) is 5.56 Å². The SMILES string of the molecule is COc1ccc(N=C2NC(=O)/C(=C/c3ccc(OS(=O)(=O)c4ccc5ccccc5c4)cc3)S2)cc1. The van der Waals surface area contributed by atoms with E-state index < -0.39 is 10.1 Å².